The molecule has 9 nitrogen and oxygen atoms in total. The number of aryl methyl sites for hydroxylation is 1. The minimum atomic E-state index is -1.67. The SMILES string of the molecule is Cc1ccc(C(=O)OC[C@]2(CF)C[C@H](F)[C@H](n3cnc4c(=O)[nH]c(N)nc43)O2)cc1. The number of alkyl halides is 2. The van der Waals surface area contributed by atoms with Gasteiger partial charge in [0.1, 0.15) is 25.1 Å². The van der Waals surface area contributed by atoms with Crippen molar-refractivity contribution < 1.29 is 23.0 Å². The number of esters is 1. The normalized spacial score (nSPS) is 23.7. The standard InChI is InChI=1S/C19H19F2N5O4/c1-10-2-4-11(5-3-10)17(28)29-8-19(7-20)6-12(21)16(30-19)26-9-23-13-14(26)24-18(22)25-15(13)27/h2-5,9,12,16H,6-8H2,1H3,(H3,22,24,25,27)/t12-,16+,19+/m0/s1. The number of hydrogen-bond acceptors (Lipinski definition) is 7. The highest BCUT2D eigenvalue weighted by Crippen LogP contribution is 2.40. The van der Waals surface area contributed by atoms with E-state index in [1.54, 1.807) is 24.3 Å². The number of halogens is 2. The van der Waals surface area contributed by atoms with Gasteiger partial charge < -0.3 is 15.2 Å². The molecule has 3 atom stereocenters. The number of imidazole rings is 1. The van der Waals surface area contributed by atoms with Gasteiger partial charge in [-0.25, -0.2) is 18.6 Å². The van der Waals surface area contributed by atoms with E-state index in [1.165, 1.54) is 10.9 Å². The molecular formula is C19H19F2N5O4. The lowest BCUT2D eigenvalue weighted by molar-refractivity contribution is -0.115. The maximum atomic E-state index is 14.8. The molecule has 2 aromatic heterocycles. The molecule has 11 heteroatoms. The number of hydrogen-bond donors (Lipinski definition) is 2. The van der Waals surface area contributed by atoms with Crippen molar-refractivity contribution in [1.29, 1.82) is 0 Å². The molecule has 3 aromatic rings. The van der Waals surface area contributed by atoms with Crippen molar-refractivity contribution >= 4 is 23.1 Å². The third-order valence-electron chi connectivity index (χ3n) is 4.97. The summed E-state index contributed by atoms with van der Waals surface area (Å²) in [6.45, 7) is 0.320. The quantitative estimate of drug-likeness (QED) is 0.605. The number of nitrogen functional groups attached to an aromatic ring is 1. The van der Waals surface area contributed by atoms with Crippen molar-refractivity contribution in [2.75, 3.05) is 19.0 Å². The zero-order valence-electron chi connectivity index (χ0n) is 16.0. The Hall–Kier alpha value is -3.34. The first kappa shape index (κ1) is 20.0. The summed E-state index contributed by atoms with van der Waals surface area (Å²) in [7, 11) is 0. The van der Waals surface area contributed by atoms with Crippen LogP contribution in [0, 0.1) is 6.92 Å². The number of nitrogens with two attached hydrogens (primary N) is 1. The Bertz CT molecular complexity index is 1150. The Labute approximate surface area is 168 Å². The van der Waals surface area contributed by atoms with Crippen LogP contribution in [-0.4, -0.2) is 50.5 Å². The molecule has 1 aromatic carbocycles. The highest BCUT2D eigenvalue weighted by Gasteiger charge is 2.49. The van der Waals surface area contributed by atoms with E-state index < -0.39 is 42.8 Å². The maximum Gasteiger partial charge on any atom is 0.338 e. The molecule has 1 aliphatic rings. The van der Waals surface area contributed by atoms with Crippen LogP contribution in [0.3, 0.4) is 0 Å². The van der Waals surface area contributed by atoms with Crippen LogP contribution in [0.2, 0.25) is 0 Å². The van der Waals surface area contributed by atoms with Gasteiger partial charge in [-0.2, -0.15) is 4.98 Å². The van der Waals surface area contributed by atoms with E-state index >= 15 is 0 Å². The number of ether oxygens (including phenoxy) is 2. The number of fused-ring (bicyclic) bond motifs is 1. The van der Waals surface area contributed by atoms with Gasteiger partial charge in [-0.3, -0.25) is 14.3 Å². The van der Waals surface area contributed by atoms with E-state index in [-0.39, 0.29) is 23.5 Å². The van der Waals surface area contributed by atoms with Gasteiger partial charge in [-0.15, -0.1) is 0 Å². The molecule has 3 N–H and O–H groups in total. The first-order valence-electron chi connectivity index (χ1n) is 9.16. The summed E-state index contributed by atoms with van der Waals surface area (Å²) in [5, 5.41) is 0. The predicted octanol–water partition coefficient (Wildman–Crippen LogP) is 1.83. The highest BCUT2D eigenvalue weighted by atomic mass is 19.1. The van der Waals surface area contributed by atoms with Crippen LogP contribution in [0.5, 0.6) is 0 Å². The van der Waals surface area contributed by atoms with Crippen LogP contribution in [-0.2, 0) is 9.47 Å². The van der Waals surface area contributed by atoms with Crippen molar-refractivity contribution in [2.24, 2.45) is 0 Å². The van der Waals surface area contributed by atoms with E-state index in [1.807, 2.05) is 6.92 Å². The van der Waals surface area contributed by atoms with Gasteiger partial charge in [0, 0.05) is 6.42 Å². The second kappa shape index (κ2) is 7.48. The smallest absolute Gasteiger partial charge is 0.338 e. The minimum Gasteiger partial charge on any atom is -0.459 e. The van der Waals surface area contributed by atoms with Gasteiger partial charge in [0.2, 0.25) is 5.95 Å². The van der Waals surface area contributed by atoms with E-state index in [2.05, 4.69) is 15.0 Å². The average molecular weight is 419 g/mol. The van der Waals surface area contributed by atoms with E-state index in [9.17, 15) is 18.4 Å². The van der Waals surface area contributed by atoms with Crippen molar-refractivity contribution in [3.05, 3.63) is 52.1 Å². The number of carbonyl (C=O) groups excluding carboxylic acids is 1. The molecule has 0 saturated carbocycles. The van der Waals surface area contributed by atoms with Crippen LogP contribution in [0.15, 0.2) is 35.4 Å². The Morgan fingerprint density at radius 1 is 1.43 bits per heavy atom. The summed E-state index contributed by atoms with van der Waals surface area (Å²) in [5.74, 6) is -0.842. The fraction of sp³-hybridized carbons (Fsp3) is 0.368. The summed E-state index contributed by atoms with van der Waals surface area (Å²) in [4.78, 5) is 34.3. The second-order valence-electron chi connectivity index (χ2n) is 7.26. The Kier molecular flexibility index (Phi) is 4.98. The van der Waals surface area contributed by atoms with Gasteiger partial charge in [0.25, 0.3) is 5.56 Å². The molecule has 0 bridgehead atoms. The van der Waals surface area contributed by atoms with Crippen molar-refractivity contribution in [2.45, 2.75) is 31.3 Å². The second-order valence-corrected chi connectivity index (χ2v) is 7.26. The fourth-order valence-corrected chi connectivity index (χ4v) is 3.38. The molecule has 158 valence electrons. The molecule has 0 amide bonds. The van der Waals surface area contributed by atoms with Crippen molar-refractivity contribution in [3.63, 3.8) is 0 Å². The molecule has 0 radical (unpaired) electrons. The number of aromatic amines is 1. The van der Waals surface area contributed by atoms with Crippen molar-refractivity contribution in [1.82, 2.24) is 19.5 Å². The van der Waals surface area contributed by atoms with Gasteiger partial charge in [0.15, 0.2) is 17.4 Å². The summed E-state index contributed by atoms with van der Waals surface area (Å²) in [5.41, 5.74) is 4.51. The fourth-order valence-electron chi connectivity index (χ4n) is 3.38. The van der Waals surface area contributed by atoms with Gasteiger partial charge >= 0.3 is 5.97 Å². The van der Waals surface area contributed by atoms with Gasteiger partial charge in [-0.05, 0) is 19.1 Å². The maximum absolute atomic E-state index is 14.8. The molecule has 1 saturated heterocycles. The Balaban J connectivity index is 1.55. The Morgan fingerprint density at radius 3 is 2.87 bits per heavy atom. The lowest BCUT2D eigenvalue weighted by Gasteiger charge is -2.25. The van der Waals surface area contributed by atoms with Gasteiger partial charge in [-0.1, -0.05) is 17.7 Å². The largest absolute Gasteiger partial charge is 0.459 e. The number of nitrogens with one attached hydrogen (secondary N) is 1. The number of carbonyl (C=O) groups is 1. The molecule has 0 unspecified atom stereocenters. The van der Waals surface area contributed by atoms with E-state index in [4.69, 9.17) is 15.2 Å². The third kappa shape index (κ3) is 3.52. The Morgan fingerprint density at radius 2 is 2.17 bits per heavy atom. The molecule has 3 heterocycles. The average Bonchev–Trinajstić information content (AvgIpc) is 3.28. The first-order chi connectivity index (χ1) is 14.3. The lowest BCUT2D eigenvalue weighted by atomic mass is 10.0. The number of nitrogens with zero attached hydrogens (tertiary/aromatic N) is 3. The molecule has 1 aliphatic heterocycles. The predicted molar refractivity (Wildman–Crippen MR) is 102 cm³/mol. The topological polar surface area (TPSA) is 125 Å². The molecule has 30 heavy (non-hydrogen) atoms. The third-order valence-corrected chi connectivity index (χ3v) is 4.97. The van der Waals surface area contributed by atoms with Crippen molar-refractivity contribution in [3.8, 4) is 0 Å². The number of benzene rings is 1. The molecular weight excluding hydrogens is 400 g/mol. The van der Waals surface area contributed by atoms with E-state index in [0.29, 0.717) is 5.56 Å². The number of anilines is 1. The van der Waals surface area contributed by atoms with Crippen LogP contribution in [0.1, 0.15) is 28.6 Å². The lowest BCUT2D eigenvalue weighted by Crippen LogP contribution is -2.38. The van der Waals surface area contributed by atoms with Crippen LogP contribution in [0.4, 0.5) is 14.7 Å². The van der Waals surface area contributed by atoms with Crippen LogP contribution >= 0.6 is 0 Å². The summed E-state index contributed by atoms with van der Waals surface area (Å²) in [6, 6.07) is 6.65. The zero-order valence-corrected chi connectivity index (χ0v) is 16.0. The minimum absolute atomic E-state index is 0.00945. The first-order valence-corrected chi connectivity index (χ1v) is 9.16. The molecule has 0 aliphatic carbocycles. The summed E-state index contributed by atoms with van der Waals surface area (Å²) in [6.07, 6.45) is -2.14. The summed E-state index contributed by atoms with van der Waals surface area (Å²) < 4.78 is 40.8. The van der Waals surface area contributed by atoms with E-state index in [0.717, 1.165) is 5.56 Å². The monoisotopic (exact) mass is 419 g/mol. The number of rotatable bonds is 5. The number of aromatic nitrogens is 4. The molecule has 0 spiro atoms. The number of H-pyrrole nitrogens is 1. The summed E-state index contributed by atoms with van der Waals surface area (Å²) >= 11 is 0. The molecule has 1 fully saturated rings. The van der Waals surface area contributed by atoms with Crippen LogP contribution < -0.4 is 11.3 Å². The van der Waals surface area contributed by atoms with Gasteiger partial charge in [0.05, 0.1) is 11.9 Å². The van der Waals surface area contributed by atoms with Crippen LogP contribution in [0.25, 0.3) is 11.2 Å². The molecule has 4 rings (SSSR count). The highest BCUT2D eigenvalue weighted by molar-refractivity contribution is 5.89. The zero-order chi connectivity index (χ0) is 21.5.